The number of amides is 1. The molecule has 2 aliphatic heterocycles. The number of hydrogen-bond donors (Lipinski definition) is 0. The summed E-state index contributed by atoms with van der Waals surface area (Å²) in [7, 11) is 0. The van der Waals surface area contributed by atoms with Gasteiger partial charge in [-0.1, -0.05) is 41.7 Å². The van der Waals surface area contributed by atoms with Gasteiger partial charge in [0, 0.05) is 0 Å². The molecule has 1 aromatic rings. The average Bonchev–Trinajstić information content (AvgIpc) is 2.91. The number of hydrogen-bond acceptors (Lipinski definition) is 4. The summed E-state index contributed by atoms with van der Waals surface area (Å²) in [4.78, 5) is 15.1. The summed E-state index contributed by atoms with van der Waals surface area (Å²) in [6.45, 7) is 6.07. The molecule has 0 radical (unpaired) electrons. The Morgan fingerprint density at radius 1 is 1.00 bits per heavy atom. The fourth-order valence-electron chi connectivity index (χ4n) is 2.03. The molecule has 1 aromatic carbocycles. The molecule has 20 heavy (non-hydrogen) atoms. The number of para-hydroxylation sites is 1. The number of allylic oxidation sites excluding steroid dienone is 2. The Bertz CT molecular complexity index is 658. The van der Waals surface area contributed by atoms with Crippen LogP contribution < -0.4 is 5.01 Å². The van der Waals surface area contributed by atoms with Crippen molar-refractivity contribution in [3.05, 3.63) is 50.0 Å². The molecule has 0 aliphatic carbocycles. The lowest BCUT2D eigenvalue weighted by atomic mass is 10.2. The maximum atomic E-state index is 12.6. The van der Waals surface area contributed by atoms with E-state index in [0.29, 0.717) is 0 Å². The molecule has 0 saturated carbocycles. The van der Waals surface area contributed by atoms with Crippen LogP contribution >= 0.6 is 23.5 Å². The van der Waals surface area contributed by atoms with E-state index < -0.39 is 0 Å². The number of benzene rings is 1. The molecule has 0 atom stereocenters. The lowest BCUT2D eigenvalue weighted by Gasteiger charge is -2.11. The van der Waals surface area contributed by atoms with Gasteiger partial charge in [0.2, 0.25) is 0 Å². The van der Waals surface area contributed by atoms with Gasteiger partial charge in [-0.3, -0.25) is 4.79 Å². The van der Waals surface area contributed by atoms with E-state index >= 15 is 0 Å². The second kappa shape index (κ2) is 5.14. The maximum Gasteiger partial charge on any atom is 0.282 e. The summed E-state index contributed by atoms with van der Waals surface area (Å²) >= 11 is 3.34. The first-order valence-electron chi connectivity index (χ1n) is 6.30. The van der Waals surface area contributed by atoms with Gasteiger partial charge in [0.05, 0.1) is 21.2 Å². The van der Waals surface area contributed by atoms with Crippen LogP contribution in [0.3, 0.4) is 0 Å². The van der Waals surface area contributed by atoms with Gasteiger partial charge < -0.3 is 0 Å². The van der Waals surface area contributed by atoms with Crippen molar-refractivity contribution in [2.24, 2.45) is 5.10 Å². The molecule has 102 valence electrons. The fraction of sp³-hybridized carbons (Fsp3) is 0.200. The molecule has 2 heterocycles. The zero-order valence-corrected chi connectivity index (χ0v) is 13.1. The van der Waals surface area contributed by atoms with Gasteiger partial charge in [-0.2, -0.15) is 10.1 Å². The van der Waals surface area contributed by atoms with E-state index in [2.05, 4.69) is 18.9 Å². The molecule has 0 spiro atoms. The van der Waals surface area contributed by atoms with Crippen LogP contribution in [0.5, 0.6) is 0 Å². The van der Waals surface area contributed by atoms with Crippen molar-refractivity contribution in [2.75, 3.05) is 5.01 Å². The number of anilines is 1. The summed E-state index contributed by atoms with van der Waals surface area (Å²) in [5.74, 6) is -0.0359. The summed E-state index contributed by atoms with van der Waals surface area (Å²) in [5, 5.41) is 5.90. The van der Waals surface area contributed by atoms with Crippen molar-refractivity contribution in [1.82, 2.24) is 0 Å². The first-order valence-corrected chi connectivity index (χ1v) is 7.94. The predicted molar refractivity (Wildman–Crippen MR) is 87.6 cm³/mol. The Hall–Kier alpha value is -1.46. The summed E-state index contributed by atoms with van der Waals surface area (Å²) in [6, 6.07) is 9.54. The third-order valence-electron chi connectivity index (χ3n) is 3.21. The third-order valence-corrected chi connectivity index (χ3v) is 5.84. The molecule has 0 unspecified atom stereocenters. The minimum absolute atomic E-state index is 0.0359. The van der Waals surface area contributed by atoms with E-state index in [1.165, 1.54) is 14.8 Å². The van der Waals surface area contributed by atoms with Crippen molar-refractivity contribution in [3.63, 3.8) is 0 Å². The highest BCUT2D eigenvalue weighted by atomic mass is 32.2. The predicted octanol–water partition coefficient (Wildman–Crippen LogP) is 4.35. The Morgan fingerprint density at radius 2 is 1.60 bits per heavy atom. The van der Waals surface area contributed by atoms with Gasteiger partial charge >= 0.3 is 0 Å². The molecule has 5 heteroatoms. The lowest BCUT2D eigenvalue weighted by molar-refractivity contribution is -0.114. The summed E-state index contributed by atoms with van der Waals surface area (Å²) in [5.41, 5.74) is 2.33. The van der Waals surface area contributed by atoms with Crippen LogP contribution in [0.15, 0.2) is 55.1 Å². The van der Waals surface area contributed by atoms with Crippen LogP contribution in [0.2, 0.25) is 0 Å². The van der Waals surface area contributed by atoms with Crippen LogP contribution in [0.4, 0.5) is 5.69 Å². The van der Waals surface area contributed by atoms with Crippen molar-refractivity contribution in [1.29, 1.82) is 0 Å². The number of thioether (sulfide) groups is 2. The van der Waals surface area contributed by atoms with Gasteiger partial charge in [0.1, 0.15) is 0 Å². The van der Waals surface area contributed by atoms with Crippen LogP contribution in [-0.2, 0) is 4.79 Å². The number of rotatable bonds is 1. The van der Waals surface area contributed by atoms with Gasteiger partial charge in [0.15, 0.2) is 0 Å². The molecule has 0 saturated heterocycles. The normalized spacial score (nSPS) is 19.2. The number of carbonyl (C=O) groups excluding carboxylic acids is 1. The molecule has 0 bridgehead atoms. The van der Waals surface area contributed by atoms with E-state index in [-0.39, 0.29) is 5.91 Å². The lowest BCUT2D eigenvalue weighted by Crippen LogP contribution is -2.21. The van der Waals surface area contributed by atoms with Crippen molar-refractivity contribution in [2.45, 2.75) is 20.8 Å². The molecule has 3 nitrogen and oxygen atoms in total. The first kappa shape index (κ1) is 13.5. The Kier molecular flexibility index (Phi) is 3.48. The van der Waals surface area contributed by atoms with Crippen molar-refractivity contribution < 1.29 is 4.79 Å². The van der Waals surface area contributed by atoms with Crippen molar-refractivity contribution in [3.8, 4) is 0 Å². The minimum atomic E-state index is -0.0359. The standard InChI is InChI=1S/C15H14N2OS2/c1-9-13(15-19-10(2)11(3)20-15)14(18)17(16-9)12-7-5-4-6-8-12/h4-8H,1-3H3. The second-order valence-corrected chi connectivity index (χ2v) is 7.32. The minimum Gasteiger partial charge on any atom is -0.267 e. The topological polar surface area (TPSA) is 32.7 Å². The highest BCUT2D eigenvalue weighted by Crippen LogP contribution is 2.51. The quantitative estimate of drug-likeness (QED) is 0.723. The van der Waals surface area contributed by atoms with E-state index in [1.54, 1.807) is 23.5 Å². The number of nitrogens with zero attached hydrogens (tertiary/aromatic N) is 2. The van der Waals surface area contributed by atoms with E-state index in [9.17, 15) is 4.79 Å². The first-order chi connectivity index (χ1) is 9.58. The molecular formula is C15H14N2OS2. The third kappa shape index (κ3) is 2.21. The Balaban J connectivity index is 1.97. The van der Waals surface area contributed by atoms with Gasteiger partial charge in [-0.25, -0.2) is 0 Å². The van der Waals surface area contributed by atoms with Gasteiger partial charge in [-0.15, -0.1) is 0 Å². The van der Waals surface area contributed by atoms with Crippen LogP contribution in [0, 0.1) is 0 Å². The summed E-state index contributed by atoms with van der Waals surface area (Å²) < 4.78 is 1.05. The van der Waals surface area contributed by atoms with E-state index in [4.69, 9.17) is 0 Å². The Morgan fingerprint density at radius 3 is 2.20 bits per heavy atom. The number of carbonyl (C=O) groups is 1. The van der Waals surface area contributed by atoms with Crippen molar-refractivity contribution >= 4 is 40.8 Å². The molecular weight excluding hydrogens is 288 g/mol. The van der Waals surface area contributed by atoms with Crippen LogP contribution in [0.25, 0.3) is 0 Å². The summed E-state index contributed by atoms with van der Waals surface area (Å²) in [6.07, 6.45) is 0. The Labute approximate surface area is 126 Å². The van der Waals surface area contributed by atoms with Crippen LogP contribution in [-0.4, -0.2) is 11.6 Å². The zero-order valence-electron chi connectivity index (χ0n) is 11.5. The van der Waals surface area contributed by atoms with E-state index in [1.807, 2.05) is 37.3 Å². The van der Waals surface area contributed by atoms with Crippen LogP contribution in [0.1, 0.15) is 20.8 Å². The fourth-order valence-corrected chi connectivity index (χ4v) is 4.71. The van der Waals surface area contributed by atoms with E-state index in [0.717, 1.165) is 21.2 Å². The highest BCUT2D eigenvalue weighted by Gasteiger charge is 2.33. The molecule has 1 amide bonds. The van der Waals surface area contributed by atoms with Gasteiger partial charge in [-0.05, 0) is 42.7 Å². The SMILES string of the molecule is CC1=NN(c2ccccc2)C(=O)C1=C1SC(C)=C(C)S1. The zero-order chi connectivity index (χ0) is 14.3. The monoisotopic (exact) mass is 302 g/mol. The molecule has 0 aromatic heterocycles. The average molecular weight is 302 g/mol. The molecule has 3 rings (SSSR count). The molecule has 0 N–H and O–H groups in total. The largest absolute Gasteiger partial charge is 0.282 e. The highest BCUT2D eigenvalue weighted by molar-refractivity contribution is 8.28. The molecule has 0 fully saturated rings. The van der Waals surface area contributed by atoms with Gasteiger partial charge in [0.25, 0.3) is 5.91 Å². The smallest absolute Gasteiger partial charge is 0.267 e. The number of hydrazone groups is 1. The maximum absolute atomic E-state index is 12.6. The second-order valence-electron chi connectivity index (χ2n) is 4.62. The molecule has 2 aliphatic rings.